The molecule has 1 saturated heterocycles. The van der Waals surface area contributed by atoms with E-state index in [1.165, 1.54) is 0 Å². The Bertz CT molecular complexity index is 951. The van der Waals surface area contributed by atoms with E-state index < -0.39 is 0 Å². The van der Waals surface area contributed by atoms with E-state index >= 15 is 0 Å². The average molecular weight is 402 g/mol. The van der Waals surface area contributed by atoms with Crippen LogP contribution in [0.15, 0.2) is 72.9 Å². The minimum atomic E-state index is -0.168. The minimum Gasteiger partial charge on any atom is -0.489 e. The maximum atomic E-state index is 12.5. The second kappa shape index (κ2) is 9.41. The second-order valence-corrected chi connectivity index (χ2v) is 7.45. The lowest BCUT2D eigenvalue weighted by Crippen LogP contribution is -2.44. The summed E-state index contributed by atoms with van der Waals surface area (Å²) < 4.78 is 5.77. The third-order valence-electron chi connectivity index (χ3n) is 5.20. The highest BCUT2D eigenvalue weighted by molar-refractivity contribution is 6.04. The van der Waals surface area contributed by atoms with Crippen molar-refractivity contribution in [1.29, 1.82) is 0 Å². The van der Waals surface area contributed by atoms with Gasteiger partial charge in [-0.1, -0.05) is 30.3 Å². The first-order chi connectivity index (χ1) is 14.7. The Kier molecular flexibility index (Phi) is 6.25. The van der Waals surface area contributed by atoms with Crippen molar-refractivity contribution in [2.75, 3.05) is 43.4 Å². The molecule has 0 aliphatic carbocycles. The molecule has 1 N–H and O–H groups in total. The molecule has 1 amide bonds. The van der Waals surface area contributed by atoms with Crippen LogP contribution < -0.4 is 15.0 Å². The molecule has 3 aromatic rings. The van der Waals surface area contributed by atoms with Crippen molar-refractivity contribution in [1.82, 2.24) is 9.88 Å². The van der Waals surface area contributed by atoms with Crippen molar-refractivity contribution in [3.8, 4) is 5.75 Å². The summed E-state index contributed by atoms with van der Waals surface area (Å²) in [4.78, 5) is 21.6. The fraction of sp³-hybridized carbons (Fsp3) is 0.250. The third-order valence-corrected chi connectivity index (χ3v) is 5.20. The number of benzene rings is 2. The smallest absolute Gasteiger partial charge is 0.255 e. The summed E-state index contributed by atoms with van der Waals surface area (Å²) in [6.45, 7) is 4.50. The number of nitrogens with one attached hydrogen (secondary N) is 1. The van der Waals surface area contributed by atoms with Gasteiger partial charge in [0.15, 0.2) is 0 Å². The second-order valence-electron chi connectivity index (χ2n) is 7.45. The number of hydrogen-bond donors (Lipinski definition) is 1. The quantitative estimate of drug-likeness (QED) is 0.682. The van der Waals surface area contributed by atoms with Gasteiger partial charge in [-0.2, -0.15) is 0 Å². The van der Waals surface area contributed by atoms with Crippen molar-refractivity contribution in [2.24, 2.45) is 0 Å². The van der Waals surface area contributed by atoms with Crippen LogP contribution in [-0.4, -0.2) is 49.0 Å². The van der Waals surface area contributed by atoms with Gasteiger partial charge in [-0.3, -0.25) is 4.79 Å². The van der Waals surface area contributed by atoms with Gasteiger partial charge in [0, 0.05) is 31.7 Å². The van der Waals surface area contributed by atoms with Crippen LogP contribution in [-0.2, 0) is 6.61 Å². The van der Waals surface area contributed by atoms with Crippen LogP contribution in [0.1, 0.15) is 15.9 Å². The molecule has 30 heavy (non-hydrogen) atoms. The van der Waals surface area contributed by atoms with E-state index in [0.29, 0.717) is 17.9 Å². The van der Waals surface area contributed by atoms with E-state index in [4.69, 9.17) is 4.74 Å². The summed E-state index contributed by atoms with van der Waals surface area (Å²) in [5.41, 5.74) is 2.36. The molecule has 6 nitrogen and oxygen atoms in total. The molecule has 1 aromatic heterocycles. The summed E-state index contributed by atoms with van der Waals surface area (Å²) in [5, 5.41) is 2.90. The largest absolute Gasteiger partial charge is 0.489 e. The number of hydrogen-bond acceptors (Lipinski definition) is 5. The summed E-state index contributed by atoms with van der Waals surface area (Å²) in [6, 6.07) is 21.0. The molecule has 0 spiro atoms. The van der Waals surface area contributed by atoms with Gasteiger partial charge in [-0.05, 0) is 49.0 Å². The number of anilines is 2. The molecule has 0 unspecified atom stereocenters. The maximum Gasteiger partial charge on any atom is 0.255 e. The minimum absolute atomic E-state index is 0.168. The van der Waals surface area contributed by atoms with E-state index in [1.54, 1.807) is 18.3 Å². The van der Waals surface area contributed by atoms with Crippen LogP contribution in [0.5, 0.6) is 5.75 Å². The highest BCUT2D eigenvalue weighted by atomic mass is 16.5. The number of piperazine rings is 1. The molecular formula is C24H26N4O2. The van der Waals surface area contributed by atoms with E-state index in [9.17, 15) is 4.79 Å². The van der Waals surface area contributed by atoms with Gasteiger partial charge in [0.05, 0.1) is 11.9 Å². The number of pyridine rings is 1. The van der Waals surface area contributed by atoms with Gasteiger partial charge in [0.2, 0.25) is 0 Å². The van der Waals surface area contributed by atoms with Gasteiger partial charge in [-0.15, -0.1) is 0 Å². The molecule has 0 atom stereocenters. The van der Waals surface area contributed by atoms with Crippen LogP contribution in [0.3, 0.4) is 0 Å². The van der Waals surface area contributed by atoms with Gasteiger partial charge >= 0.3 is 0 Å². The molecule has 1 aliphatic heterocycles. The van der Waals surface area contributed by atoms with Crippen LogP contribution in [0.2, 0.25) is 0 Å². The SMILES string of the molecule is CN1CCN(c2ccc(NC(=O)c3ccc(OCc4ccccc4)cc3)cn2)CC1. The lowest BCUT2D eigenvalue weighted by atomic mass is 10.2. The van der Waals surface area contributed by atoms with Gasteiger partial charge in [-0.25, -0.2) is 4.98 Å². The number of carbonyl (C=O) groups excluding carboxylic acids is 1. The summed E-state index contributed by atoms with van der Waals surface area (Å²) in [7, 11) is 2.13. The number of nitrogens with zero attached hydrogens (tertiary/aromatic N) is 3. The third kappa shape index (κ3) is 5.15. The van der Waals surface area contributed by atoms with Crippen LogP contribution in [0.4, 0.5) is 11.5 Å². The Hall–Kier alpha value is -3.38. The average Bonchev–Trinajstić information content (AvgIpc) is 2.80. The van der Waals surface area contributed by atoms with E-state index in [1.807, 2.05) is 54.6 Å². The Labute approximate surface area is 177 Å². The van der Waals surface area contributed by atoms with Crippen molar-refractivity contribution >= 4 is 17.4 Å². The lowest BCUT2D eigenvalue weighted by molar-refractivity contribution is 0.102. The molecule has 0 bridgehead atoms. The monoisotopic (exact) mass is 402 g/mol. The van der Waals surface area contributed by atoms with E-state index in [-0.39, 0.29) is 5.91 Å². The van der Waals surface area contributed by atoms with Gasteiger partial charge in [0.25, 0.3) is 5.91 Å². The topological polar surface area (TPSA) is 57.7 Å². The number of carbonyl (C=O) groups is 1. The van der Waals surface area contributed by atoms with E-state index in [2.05, 4.69) is 27.1 Å². The molecular weight excluding hydrogens is 376 g/mol. The Morgan fingerprint density at radius 3 is 2.37 bits per heavy atom. The van der Waals surface area contributed by atoms with Gasteiger partial charge in [0.1, 0.15) is 18.2 Å². The molecule has 2 heterocycles. The zero-order valence-electron chi connectivity index (χ0n) is 17.1. The van der Waals surface area contributed by atoms with Crippen molar-refractivity contribution in [3.63, 3.8) is 0 Å². The van der Waals surface area contributed by atoms with Crippen LogP contribution in [0.25, 0.3) is 0 Å². The zero-order valence-corrected chi connectivity index (χ0v) is 17.1. The predicted molar refractivity (Wildman–Crippen MR) is 119 cm³/mol. The first-order valence-corrected chi connectivity index (χ1v) is 10.1. The van der Waals surface area contributed by atoms with Crippen LogP contribution in [0, 0.1) is 0 Å². The van der Waals surface area contributed by atoms with Crippen molar-refractivity contribution in [3.05, 3.63) is 84.1 Å². The molecule has 4 rings (SSSR count). The van der Waals surface area contributed by atoms with Gasteiger partial charge < -0.3 is 19.9 Å². The standard InChI is InChI=1S/C24H26N4O2/c1-27-13-15-28(16-14-27)23-12-9-21(17-25-23)26-24(29)20-7-10-22(11-8-20)30-18-19-5-3-2-4-6-19/h2-12,17H,13-16,18H2,1H3,(H,26,29). The number of rotatable bonds is 6. The number of amides is 1. The summed E-state index contributed by atoms with van der Waals surface area (Å²) in [5.74, 6) is 1.51. The molecule has 6 heteroatoms. The Morgan fingerprint density at radius 1 is 0.967 bits per heavy atom. The lowest BCUT2D eigenvalue weighted by Gasteiger charge is -2.33. The number of ether oxygens (including phenoxy) is 1. The highest BCUT2D eigenvalue weighted by Gasteiger charge is 2.15. The first kappa shape index (κ1) is 19.9. The molecule has 154 valence electrons. The predicted octanol–water partition coefficient (Wildman–Crippen LogP) is 3.66. The maximum absolute atomic E-state index is 12.5. The first-order valence-electron chi connectivity index (χ1n) is 10.1. The molecule has 1 fully saturated rings. The highest BCUT2D eigenvalue weighted by Crippen LogP contribution is 2.18. The van der Waals surface area contributed by atoms with Crippen LogP contribution >= 0.6 is 0 Å². The summed E-state index contributed by atoms with van der Waals surface area (Å²) in [6.07, 6.45) is 1.71. The number of aromatic nitrogens is 1. The fourth-order valence-electron chi connectivity index (χ4n) is 3.33. The Morgan fingerprint density at radius 2 is 1.70 bits per heavy atom. The molecule has 1 aliphatic rings. The van der Waals surface area contributed by atoms with E-state index in [0.717, 1.165) is 43.3 Å². The van der Waals surface area contributed by atoms with Crippen molar-refractivity contribution < 1.29 is 9.53 Å². The fourth-order valence-corrected chi connectivity index (χ4v) is 3.33. The van der Waals surface area contributed by atoms with Crippen molar-refractivity contribution in [2.45, 2.75) is 6.61 Å². The summed E-state index contributed by atoms with van der Waals surface area (Å²) >= 11 is 0. The molecule has 2 aromatic carbocycles. The number of likely N-dealkylation sites (N-methyl/N-ethyl adjacent to an activating group) is 1. The normalized spacial score (nSPS) is 14.4. The molecule has 0 saturated carbocycles. The Balaban J connectivity index is 1.31. The molecule has 0 radical (unpaired) electrons. The zero-order chi connectivity index (χ0) is 20.8.